The first-order valence-electron chi connectivity index (χ1n) is 0.922. The molecule has 0 aliphatic heterocycles. The molecule has 0 aromatic heterocycles. The Hall–Kier alpha value is 2.19. The molecule has 0 atom stereocenters. The van der Waals surface area contributed by atoms with Gasteiger partial charge < -0.3 is 28.2 Å². The van der Waals surface area contributed by atoms with Crippen molar-refractivity contribution < 1.29 is 88.5 Å². The van der Waals surface area contributed by atoms with Gasteiger partial charge in [-0.1, -0.05) is 0 Å². The number of hydrogen-bond acceptors (Lipinski definition) is 5. The van der Waals surface area contributed by atoms with Crippen molar-refractivity contribution in [3.8, 4) is 0 Å². The maximum Gasteiger partial charge on any atom is 3.00 e. The van der Waals surface area contributed by atoms with Crippen LogP contribution in [0.1, 0.15) is 0 Å². The Labute approximate surface area is 95.8 Å². The molecule has 5 nitrogen and oxygen atoms in total. The van der Waals surface area contributed by atoms with E-state index in [9.17, 15) is 0 Å². The SMILES string of the molecule is [O-][Si]([O-])([O-])[O-].[O]=[Lu+].[Y+3]. The molecule has 0 saturated heterocycles. The Morgan fingerprint density at radius 2 is 1.00 bits per heavy atom. The van der Waals surface area contributed by atoms with Crippen LogP contribution in [-0.4, -0.2) is 9.05 Å². The van der Waals surface area contributed by atoms with Crippen molar-refractivity contribution in [3.63, 3.8) is 0 Å². The van der Waals surface area contributed by atoms with Gasteiger partial charge in [0.2, 0.25) is 0 Å². The number of hydrogen-bond donors (Lipinski definition) is 0. The van der Waals surface area contributed by atoms with Gasteiger partial charge in [-0.05, 0) is 0 Å². The molecule has 0 rings (SSSR count). The molecule has 0 fully saturated rings. The molecule has 0 bridgehead atoms. The molecule has 0 unspecified atom stereocenters. The van der Waals surface area contributed by atoms with Gasteiger partial charge in [0.25, 0.3) is 0 Å². The molecule has 0 aliphatic carbocycles. The fourth-order valence-electron chi connectivity index (χ4n) is 0. The Morgan fingerprint density at radius 3 is 1.00 bits per heavy atom. The summed E-state index contributed by atoms with van der Waals surface area (Å²) in [6, 6.07) is 0. The minimum atomic E-state index is -5.61. The minimum Gasteiger partial charge on any atom is 3.00 e. The molecule has 0 N–H and O–H groups in total. The second-order valence-corrected chi connectivity index (χ2v) is 1.50. The second kappa shape index (κ2) is 9.19. The largest absolute Gasteiger partial charge is 3.00 e. The summed E-state index contributed by atoms with van der Waals surface area (Å²) in [7, 11) is -5.61. The minimum absolute atomic E-state index is 0. The quantitative estimate of drug-likeness (QED) is 0.395. The molecular weight excluding hydrogens is 372 g/mol. The van der Waals surface area contributed by atoms with E-state index in [0.717, 1.165) is 0 Å². The van der Waals surface area contributed by atoms with Gasteiger partial charge in [-0.2, -0.15) is 0 Å². The van der Waals surface area contributed by atoms with E-state index in [4.69, 9.17) is 20.7 Å². The molecule has 8 heteroatoms. The first kappa shape index (κ1) is 16.7. The normalized spacial score (nSPS) is 8.25. The van der Waals surface area contributed by atoms with Crippen molar-refractivity contribution in [2.75, 3.05) is 0 Å². The fraction of sp³-hybridized carbons (Fsp3) is 0. The van der Waals surface area contributed by atoms with E-state index >= 15 is 0 Å². The van der Waals surface area contributed by atoms with Gasteiger partial charge in [0.15, 0.2) is 0 Å². The van der Waals surface area contributed by atoms with Crippen molar-refractivity contribution in [2.24, 2.45) is 0 Å². The van der Waals surface area contributed by atoms with Crippen LogP contribution in [0.3, 0.4) is 0 Å². The van der Waals surface area contributed by atoms with Crippen molar-refractivity contribution in [1.82, 2.24) is 0 Å². The van der Waals surface area contributed by atoms with Gasteiger partial charge in [-0.15, -0.1) is 0 Å². The van der Waals surface area contributed by atoms with E-state index in [1.807, 2.05) is 0 Å². The molecule has 0 amide bonds. The molecule has 8 heavy (non-hydrogen) atoms. The van der Waals surface area contributed by atoms with E-state index in [-0.39, 0.29) is 32.7 Å². The zero-order valence-electron chi connectivity index (χ0n) is 3.38. The zero-order chi connectivity index (χ0) is 6.50. The van der Waals surface area contributed by atoms with Crippen LogP contribution in [0.25, 0.3) is 0 Å². The average molecular weight is 372 g/mol. The van der Waals surface area contributed by atoms with E-state index in [1.54, 1.807) is 35.0 Å². The molecule has 0 saturated carbocycles. The van der Waals surface area contributed by atoms with Crippen LogP contribution >= 0.6 is 0 Å². The van der Waals surface area contributed by atoms with Crippen LogP contribution in [0.4, 0.5) is 0 Å². The van der Waals surface area contributed by atoms with Crippen molar-refractivity contribution in [3.05, 3.63) is 0 Å². The van der Waals surface area contributed by atoms with Gasteiger partial charge in [-0.25, -0.2) is 0 Å². The summed E-state index contributed by atoms with van der Waals surface area (Å²) in [5, 5.41) is 0. The van der Waals surface area contributed by atoms with Gasteiger partial charge >= 0.3 is 69.3 Å². The Balaban J connectivity index is -0.0000000750. The van der Waals surface area contributed by atoms with Crippen LogP contribution in [-0.2, 0) is 34.2 Å². The van der Waals surface area contributed by atoms with E-state index in [1.165, 1.54) is 0 Å². The molecule has 0 spiro atoms. The van der Waals surface area contributed by atoms with Crippen LogP contribution in [0.2, 0.25) is 0 Å². The molecule has 0 heterocycles. The molecule has 0 aromatic carbocycles. The van der Waals surface area contributed by atoms with Crippen LogP contribution in [0, 0.1) is 35.0 Å². The fourth-order valence-corrected chi connectivity index (χ4v) is 0. The van der Waals surface area contributed by atoms with Crippen molar-refractivity contribution in [1.29, 1.82) is 0 Å². The standard InChI is InChI=1S/Lu.O4Si.O.Y/c;1-5(2,3)4;;/q+1;-4;;+3. The maximum absolute atomic E-state index is 8.58. The topological polar surface area (TPSA) is 109 Å². The van der Waals surface area contributed by atoms with E-state index in [2.05, 4.69) is 0 Å². The first-order chi connectivity index (χ1) is 3.00. The Bertz CT molecular complexity index is 36.2. The van der Waals surface area contributed by atoms with Crippen LogP contribution < -0.4 is 19.2 Å². The van der Waals surface area contributed by atoms with Crippen molar-refractivity contribution in [2.45, 2.75) is 0 Å². The number of rotatable bonds is 0. The summed E-state index contributed by atoms with van der Waals surface area (Å²) in [6.07, 6.45) is 0. The predicted molar refractivity (Wildman–Crippen MR) is 6.44 cm³/mol. The molecule has 0 radical (unpaired) electrons. The third-order valence-corrected chi connectivity index (χ3v) is 0. The summed E-state index contributed by atoms with van der Waals surface area (Å²) in [5.74, 6) is 0. The second-order valence-electron chi connectivity index (χ2n) is 0.500. The summed E-state index contributed by atoms with van der Waals surface area (Å²) < 4.78 is 8.08. The molecule has 0 aliphatic rings. The average Bonchev–Trinajstić information content (AvgIpc) is 1.36. The molecular formula is LuO5SiY. The Morgan fingerprint density at radius 1 is 1.00 bits per heavy atom. The Kier molecular flexibility index (Phi) is 19.1. The maximum atomic E-state index is 8.58. The smallest absolute Gasteiger partial charge is 3.00 e. The summed E-state index contributed by atoms with van der Waals surface area (Å²) >= 11 is 1.58. The van der Waals surface area contributed by atoms with E-state index in [0.29, 0.717) is 0 Å². The van der Waals surface area contributed by atoms with Gasteiger partial charge in [0, 0.05) is 0 Å². The molecule has 52 valence electrons. The van der Waals surface area contributed by atoms with Crippen LogP contribution in [0.15, 0.2) is 0 Å². The summed E-state index contributed by atoms with van der Waals surface area (Å²) in [6.45, 7) is 0. The van der Waals surface area contributed by atoms with Gasteiger partial charge in [0.1, 0.15) is 0 Å². The monoisotopic (exact) mass is 372 g/mol. The molecule has 0 aromatic rings. The van der Waals surface area contributed by atoms with E-state index < -0.39 is 9.05 Å². The first-order valence-corrected chi connectivity index (χ1v) is 3.23. The predicted octanol–water partition coefficient (Wildman–Crippen LogP) is -5.26. The van der Waals surface area contributed by atoms with Crippen molar-refractivity contribution >= 4 is 9.05 Å². The summed E-state index contributed by atoms with van der Waals surface area (Å²) in [4.78, 5) is 34.3. The van der Waals surface area contributed by atoms with Gasteiger partial charge in [0.05, 0.1) is 0 Å². The zero-order valence-corrected chi connectivity index (χ0v) is 8.87. The van der Waals surface area contributed by atoms with Gasteiger partial charge in [-0.3, -0.25) is 0 Å². The van der Waals surface area contributed by atoms with Crippen LogP contribution in [0.5, 0.6) is 0 Å². The third-order valence-electron chi connectivity index (χ3n) is 0. The summed E-state index contributed by atoms with van der Waals surface area (Å²) in [5.41, 5.74) is 0. The third kappa shape index (κ3) is 88.1.